The van der Waals surface area contributed by atoms with Gasteiger partial charge in [-0.15, -0.1) is 0 Å². The molecular weight excluding hydrogens is 222 g/mol. The van der Waals surface area contributed by atoms with E-state index in [0.29, 0.717) is 6.42 Å². The molecule has 5 heteroatoms. The first kappa shape index (κ1) is 14.0. The second-order valence-corrected chi connectivity index (χ2v) is 5.39. The Morgan fingerprint density at radius 3 is 2.41 bits per heavy atom. The Morgan fingerprint density at radius 1 is 1.29 bits per heavy atom. The molecule has 0 aliphatic heterocycles. The van der Waals surface area contributed by atoms with Crippen molar-refractivity contribution in [3.05, 3.63) is 0 Å². The first-order valence-electron chi connectivity index (χ1n) is 6.04. The maximum Gasteiger partial charge on any atom is 0.309 e. The average Bonchev–Trinajstić information content (AvgIpc) is 2.20. The van der Waals surface area contributed by atoms with E-state index in [1.165, 1.54) is 13.8 Å². The van der Waals surface area contributed by atoms with E-state index in [1.54, 1.807) is 0 Å². The minimum atomic E-state index is -1.07. The van der Waals surface area contributed by atoms with E-state index in [0.717, 1.165) is 19.3 Å². The fourth-order valence-corrected chi connectivity index (χ4v) is 2.01. The molecule has 0 radical (unpaired) electrons. The Labute approximate surface area is 101 Å². The average molecular weight is 243 g/mol. The third-order valence-electron chi connectivity index (χ3n) is 3.26. The largest absolute Gasteiger partial charge is 0.481 e. The van der Waals surface area contributed by atoms with Gasteiger partial charge in [0.15, 0.2) is 0 Å². The van der Waals surface area contributed by atoms with Gasteiger partial charge in [0, 0.05) is 6.42 Å². The van der Waals surface area contributed by atoms with Crippen LogP contribution in [0.2, 0.25) is 0 Å². The summed E-state index contributed by atoms with van der Waals surface area (Å²) in [5, 5.41) is 21.3. The lowest BCUT2D eigenvalue weighted by molar-refractivity contribution is -0.149. The van der Waals surface area contributed by atoms with Gasteiger partial charge in [-0.3, -0.25) is 9.59 Å². The Morgan fingerprint density at radius 2 is 1.88 bits per heavy atom. The zero-order valence-corrected chi connectivity index (χ0v) is 10.4. The number of carbonyl (C=O) groups excluding carboxylic acids is 1. The normalized spacial score (nSPS) is 25.4. The highest BCUT2D eigenvalue weighted by atomic mass is 16.4. The molecular formula is C12H21NO4. The number of carbonyl (C=O) groups is 2. The quantitative estimate of drug-likeness (QED) is 0.685. The number of aliphatic hydroxyl groups is 1. The second kappa shape index (κ2) is 5.49. The molecule has 3 N–H and O–H groups in total. The number of rotatable bonds is 4. The molecule has 0 aromatic heterocycles. The number of aliphatic hydroxyl groups excluding tert-OH is 1. The van der Waals surface area contributed by atoms with Crippen LogP contribution in [0.4, 0.5) is 0 Å². The van der Waals surface area contributed by atoms with Crippen LogP contribution in [0.15, 0.2) is 0 Å². The third-order valence-corrected chi connectivity index (χ3v) is 3.26. The highest BCUT2D eigenvalue weighted by Crippen LogP contribution is 2.22. The summed E-state index contributed by atoms with van der Waals surface area (Å²) in [6.45, 7) is 3.04. The molecule has 0 saturated heterocycles. The molecule has 1 fully saturated rings. The number of carboxylic acids is 1. The maximum atomic E-state index is 11.7. The van der Waals surface area contributed by atoms with Crippen molar-refractivity contribution in [3.63, 3.8) is 0 Å². The van der Waals surface area contributed by atoms with Gasteiger partial charge in [-0.1, -0.05) is 12.8 Å². The van der Waals surface area contributed by atoms with Crippen molar-refractivity contribution in [1.82, 2.24) is 5.32 Å². The van der Waals surface area contributed by atoms with Crippen molar-refractivity contribution in [2.24, 2.45) is 5.41 Å². The minimum Gasteiger partial charge on any atom is -0.481 e. The van der Waals surface area contributed by atoms with E-state index in [9.17, 15) is 14.7 Å². The molecule has 0 aromatic carbocycles. The summed E-state index contributed by atoms with van der Waals surface area (Å²) < 4.78 is 0. The van der Waals surface area contributed by atoms with Crippen LogP contribution in [0, 0.1) is 5.41 Å². The number of hydrogen-bond acceptors (Lipinski definition) is 3. The van der Waals surface area contributed by atoms with Crippen molar-refractivity contribution in [1.29, 1.82) is 0 Å². The molecule has 0 unspecified atom stereocenters. The molecule has 5 nitrogen and oxygen atoms in total. The molecule has 1 aliphatic carbocycles. The summed E-state index contributed by atoms with van der Waals surface area (Å²) >= 11 is 0. The van der Waals surface area contributed by atoms with Gasteiger partial charge < -0.3 is 15.5 Å². The van der Waals surface area contributed by atoms with Crippen LogP contribution in [0.25, 0.3) is 0 Å². The van der Waals surface area contributed by atoms with E-state index in [4.69, 9.17) is 5.11 Å². The molecule has 1 saturated carbocycles. The van der Waals surface area contributed by atoms with E-state index in [1.807, 2.05) is 0 Å². The van der Waals surface area contributed by atoms with E-state index in [-0.39, 0.29) is 18.4 Å². The van der Waals surface area contributed by atoms with Gasteiger partial charge >= 0.3 is 5.97 Å². The summed E-state index contributed by atoms with van der Waals surface area (Å²) in [4.78, 5) is 22.6. The molecule has 98 valence electrons. The number of amides is 1. The third kappa shape index (κ3) is 4.00. The highest BCUT2D eigenvalue weighted by Gasteiger charge is 2.32. The monoisotopic (exact) mass is 243 g/mol. The van der Waals surface area contributed by atoms with E-state index >= 15 is 0 Å². The summed E-state index contributed by atoms with van der Waals surface area (Å²) in [7, 11) is 0. The number of aliphatic carboxylic acids is 1. The van der Waals surface area contributed by atoms with Crippen LogP contribution < -0.4 is 5.32 Å². The lowest BCUT2D eigenvalue weighted by Crippen LogP contribution is -2.46. The van der Waals surface area contributed by atoms with Crippen molar-refractivity contribution < 1.29 is 19.8 Å². The Bertz CT molecular complexity index is 301. The van der Waals surface area contributed by atoms with Crippen LogP contribution in [-0.2, 0) is 9.59 Å². The first-order chi connectivity index (χ1) is 7.83. The molecule has 2 atom stereocenters. The Hall–Kier alpha value is -1.10. The Balaban J connectivity index is 2.46. The second-order valence-electron chi connectivity index (χ2n) is 5.39. The number of carboxylic acid groups (broad SMARTS) is 1. The SMILES string of the molecule is CC(C)(CC(=O)N[C@@H]1CCCC[C@H]1O)C(=O)O. The summed E-state index contributed by atoms with van der Waals surface area (Å²) in [5.41, 5.74) is -1.07. The zero-order chi connectivity index (χ0) is 13.1. The van der Waals surface area contributed by atoms with Gasteiger partial charge in [-0.2, -0.15) is 0 Å². The molecule has 1 rings (SSSR count). The van der Waals surface area contributed by atoms with Gasteiger partial charge in [0.2, 0.25) is 5.91 Å². The predicted octanol–water partition coefficient (Wildman–Crippen LogP) is 0.907. The lowest BCUT2D eigenvalue weighted by Gasteiger charge is -2.29. The van der Waals surface area contributed by atoms with Crippen LogP contribution in [0.5, 0.6) is 0 Å². The van der Waals surface area contributed by atoms with Crippen LogP contribution in [0.3, 0.4) is 0 Å². The molecule has 0 spiro atoms. The van der Waals surface area contributed by atoms with E-state index < -0.39 is 17.5 Å². The van der Waals surface area contributed by atoms with Crippen molar-refractivity contribution in [3.8, 4) is 0 Å². The standard InChI is InChI=1S/C12H21NO4/c1-12(2,11(16)17)7-10(15)13-8-5-3-4-6-9(8)14/h8-9,14H,3-7H2,1-2H3,(H,13,15)(H,16,17)/t8-,9-/m1/s1. The lowest BCUT2D eigenvalue weighted by atomic mass is 9.88. The molecule has 0 bridgehead atoms. The topological polar surface area (TPSA) is 86.6 Å². The van der Waals surface area contributed by atoms with Crippen LogP contribution in [0.1, 0.15) is 46.0 Å². The molecule has 0 aromatic rings. The van der Waals surface area contributed by atoms with Crippen molar-refractivity contribution in [2.75, 3.05) is 0 Å². The summed E-state index contributed by atoms with van der Waals surface area (Å²) in [6.07, 6.45) is 2.87. The van der Waals surface area contributed by atoms with Crippen LogP contribution in [-0.4, -0.2) is 34.2 Å². The van der Waals surface area contributed by atoms with Gasteiger partial charge in [0.05, 0.1) is 17.6 Å². The van der Waals surface area contributed by atoms with Crippen molar-refractivity contribution >= 4 is 11.9 Å². The predicted molar refractivity (Wildman–Crippen MR) is 62.4 cm³/mol. The maximum absolute atomic E-state index is 11.7. The fraction of sp³-hybridized carbons (Fsp3) is 0.833. The molecule has 1 amide bonds. The van der Waals surface area contributed by atoms with Gasteiger partial charge in [0.1, 0.15) is 0 Å². The summed E-state index contributed by atoms with van der Waals surface area (Å²) in [5.74, 6) is -1.29. The molecule has 17 heavy (non-hydrogen) atoms. The van der Waals surface area contributed by atoms with Gasteiger partial charge in [-0.05, 0) is 26.7 Å². The fourth-order valence-electron chi connectivity index (χ4n) is 2.01. The van der Waals surface area contributed by atoms with Crippen molar-refractivity contribution in [2.45, 2.75) is 58.1 Å². The summed E-state index contributed by atoms with van der Waals surface area (Å²) in [6, 6.07) is -0.221. The van der Waals surface area contributed by atoms with Gasteiger partial charge in [0.25, 0.3) is 0 Å². The zero-order valence-electron chi connectivity index (χ0n) is 10.4. The Kier molecular flexibility index (Phi) is 4.51. The first-order valence-corrected chi connectivity index (χ1v) is 6.04. The minimum absolute atomic E-state index is 0.0639. The smallest absolute Gasteiger partial charge is 0.309 e. The number of nitrogens with one attached hydrogen (secondary N) is 1. The van der Waals surface area contributed by atoms with Crippen LogP contribution >= 0.6 is 0 Å². The molecule has 1 aliphatic rings. The molecule has 0 heterocycles. The number of hydrogen-bond donors (Lipinski definition) is 3. The van der Waals surface area contributed by atoms with Gasteiger partial charge in [-0.25, -0.2) is 0 Å². The van der Waals surface area contributed by atoms with E-state index in [2.05, 4.69) is 5.32 Å². The highest BCUT2D eigenvalue weighted by molar-refractivity contribution is 5.84.